The highest BCUT2D eigenvalue weighted by Gasteiger charge is 2.20. The SMILES string of the molecule is c1ccc(N(c2ccccc2)c2ccc3c(c2)sc2cccc(N(c4ccccc4)c4ccc5c(c4)sc4ccccc45)c23)cc1. The molecule has 2 heterocycles. The molecule has 0 unspecified atom stereocenters. The maximum Gasteiger partial charge on any atom is 0.0554 e. The molecule has 0 N–H and O–H groups in total. The van der Waals surface area contributed by atoms with Crippen molar-refractivity contribution in [3.63, 3.8) is 0 Å². The van der Waals surface area contributed by atoms with Crippen molar-refractivity contribution < 1.29 is 0 Å². The number of nitrogens with zero attached hydrogens (tertiary/aromatic N) is 2. The summed E-state index contributed by atoms with van der Waals surface area (Å²) in [7, 11) is 0. The van der Waals surface area contributed by atoms with Gasteiger partial charge in [0.15, 0.2) is 0 Å². The minimum Gasteiger partial charge on any atom is -0.310 e. The predicted molar refractivity (Wildman–Crippen MR) is 202 cm³/mol. The van der Waals surface area contributed by atoms with Crippen LogP contribution in [0.5, 0.6) is 0 Å². The molecule has 0 bridgehead atoms. The summed E-state index contributed by atoms with van der Waals surface area (Å²) in [6.07, 6.45) is 0. The molecule has 0 spiro atoms. The van der Waals surface area contributed by atoms with Gasteiger partial charge in [-0.15, -0.1) is 22.7 Å². The zero-order valence-electron chi connectivity index (χ0n) is 24.9. The van der Waals surface area contributed by atoms with Crippen molar-refractivity contribution in [1.29, 1.82) is 0 Å². The van der Waals surface area contributed by atoms with Gasteiger partial charge in [0.2, 0.25) is 0 Å². The zero-order valence-corrected chi connectivity index (χ0v) is 26.5. The first-order valence-corrected chi connectivity index (χ1v) is 17.1. The van der Waals surface area contributed by atoms with Gasteiger partial charge in [0.1, 0.15) is 0 Å². The van der Waals surface area contributed by atoms with Gasteiger partial charge in [-0.2, -0.15) is 0 Å². The number of hydrogen-bond acceptors (Lipinski definition) is 4. The second kappa shape index (κ2) is 11.2. The summed E-state index contributed by atoms with van der Waals surface area (Å²) in [5.41, 5.74) is 6.92. The first kappa shape index (κ1) is 26.9. The van der Waals surface area contributed by atoms with Crippen LogP contribution in [-0.2, 0) is 0 Å². The van der Waals surface area contributed by atoms with E-state index in [0.717, 1.165) is 28.4 Å². The lowest BCUT2D eigenvalue weighted by atomic mass is 10.1. The van der Waals surface area contributed by atoms with Crippen LogP contribution in [0.25, 0.3) is 40.3 Å². The maximum atomic E-state index is 2.42. The molecule has 0 aliphatic heterocycles. The highest BCUT2D eigenvalue weighted by Crippen LogP contribution is 2.47. The summed E-state index contributed by atoms with van der Waals surface area (Å²) in [5, 5.41) is 5.18. The molecule has 218 valence electrons. The summed E-state index contributed by atoms with van der Waals surface area (Å²) >= 11 is 3.72. The first-order valence-electron chi connectivity index (χ1n) is 15.4. The number of thiophene rings is 2. The molecule has 2 nitrogen and oxygen atoms in total. The van der Waals surface area contributed by atoms with Gasteiger partial charge >= 0.3 is 0 Å². The summed E-state index contributed by atoms with van der Waals surface area (Å²) in [5.74, 6) is 0. The smallest absolute Gasteiger partial charge is 0.0554 e. The number of anilines is 6. The van der Waals surface area contributed by atoms with Crippen LogP contribution in [-0.4, -0.2) is 0 Å². The Balaban J connectivity index is 1.23. The molecule has 0 saturated carbocycles. The van der Waals surface area contributed by atoms with Crippen molar-refractivity contribution in [2.45, 2.75) is 0 Å². The van der Waals surface area contributed by atoms with E-state index < -0.39 is 0 Å². The number of rotatable bonds is 6. The number of benzene rings is 7. The molecule has 0 amide bonds. The van der Waals surface area contributed by atoms with Crippen LogP contribution in [0.15, 0.2) is 170 Å². The van der Waals surface area contributed by atoms with Gasteiger partial charge in [-0.05, 0) is 78.9 Å². The molecule has 0 fully saturated rings. The molecule has 4 heteroatoms. The van der Waals surface area contributed by atoms with Crippen molar-refractivity contribution >= 4 is 97.1 Å². The van der Waals surface area contributed by atoms with Crippen molar-refractivity contribution in [3.8, 4) is 0 Å². The van der Waals surface area contributed by atoms with Gasteiger partial charge in [0, 0.05) is 68.8 Å². The van der Waals surface area contributed by atoms with Crippen LogP contribution in [0.3, 0.4) is 0 Å². The van der Waals surface area contributed by atoms with Crippen LogP contribution in [0.2, 0.25) is 0 Å². The Morgan fingerprint density at radius 3 is 1.46 bits per heavy atom. The minimum absolute atomic E-state index is 1.14. The minimum atomic E-state index is 1.14. The van der Waals surface area contributed by atoms with E-state index in [9.17, 15) is 0 Å². The van der Waals surface area contributed by atoms with E-state index in [0.29, 0.717) is 0 Å². The second-order valence-electron chi connectivity index (χ2n) is 11.4. The molecule has 7 aromatic carbocycles. The van der Waals surface area contributed by atoms with Gasteiger partial charge in [-0.1, -0.05) is 91.0 Å². The summed E-state index contributed by atoms with van der Waals surface area (Å²) < 4.78 is 5.17. The predicted octanol–water partition coefficient (Wildman–Crippen LogP) is 13.4. The van der Waals surface area contributed by atoms with Crippen LogP contribution in [0.4, 0.5) is 34.1 Å². The fourth-order valence-corrected chi connectivity index (χ4v) is 8.88. The zero-order chi connectivity index (χ0) is 30.5. The van der Waals surface area contributed by atoms with E-state index in [-0.39, 0.29) is 0 Å². The Labute approximate surface area is 275 Å². The third kappa shape index (κ3) is 4.54. The van der Waals surface area contributed by atoms with E-state index >= 15 is 0 Å². The third-order valence-corrected chi connectivity index (χ3v) is 10.9. The lowest BCUT2D eigenvalue weighted by Gasteiger charge is -2.27. The van der Waals surface area contributed by atoms with Crippen molar-refractivity contribution in [2.24, 2.45) is 0 Å². The van der Waals surface area contributed by atoms with E-state index in [4.69, 9.17) is 0 Å². The number of hydrogen-bond donors (Lipinski definition) is 0. The number of fused-ring (bicyclic) bond motifs is 6. The largest absolute Gasteiger partial charge is 0.310 e. The van der Waals surface area contributed by atoms with Gasteiger partial charge in [-0.3, -0.25) is 0 Å². The third-order valence-electron chi connectivity index (χ3n) is 8.62. The molecule has 0 radical (unpaired) electrons. The van der Waals surface area contributed by atoms with Crippen molar-refractivity contribution in [3.05, 3.63) is 170 Å². The highest BCUT2D eigenvalue weighted by molar-refractivity contribution is 7.26. The van der Waals surface area contributed by atoms with E-state index in [1.807, 2.05) is 22.7 Å². The van der Waals surface area contributed by atoms with E-state index in [2.05, 4.69) is 180 Å². The Bertz CT molecular complexity index is 2440. The Kier molecular flexibility index (Phi) is 6.55. The molecule has 9 aromatic rings. The Morgan fingerprint density at radius 2 is 0.783 bits per heavy atom. The van der Waals surface area contributed by atoms with Crippen molar-refractivity contribution in [1.82, 2.24) is 0 Å². The average Bonchev–Trinajstić information content (AvgIpc) is 3.68. The van der Waals surface area contributed by atoms with Crippen LogP contribution in [0.1, 0.15) is 0 Å². The van der Waals surface area contributed by atoms with Crippen LogP contribution >= 0.6 is 22.7 Å². The standard InChI is InChI=1S/C42H28N2S2/c1-4-13-29(14-5-1)43(30-15-6-2-7-16-30)32-24-26-36-41(27-32)46-39-22-12-20-37(42(36)39)44(31-17-8-3-9-18-31)33-23-25-35-34-19-10-11-21-38(34)45-40(35)28-33/h1-28H. The topological polar surface area (TPSA) is 6.48 Å². The highest BCUT2D eigenvalue weighted by atomic mass is 32.1. The summed E-state index contributed by atoms with van der Waals surface area (Å²) in [6, 6.07) is 61.3. The monoisotopic (exact) mass is 624 g/mol. The van der Waals surface area contributed by atoms with Gasteiger partial charge < -0.3 is 9.80 Å². The molecule has 0 aliphatic rings. The second-order valence-corrected chi connectivity index (χ2v) is 13.6. The molecule has 0 aliphatic carbocycles. The molecule has 0 saturated heterocycles. The van der Waals surface area contributed by atoms with Gasteiger partial charge in [0.25, 0.3) is 0 Å². The van der Waals surface area contributed by atoms with Gasteiger partial charge in [0.05, 0.1) is 5.69 Å². The summed E-state index contributed by atoms with van der Waals surface area (Å²) in [4.78, 5) is 4.76. The molecular weight excluding hydrogens is 597 g/mol. The lowest BCUT2D eigenvalue weighted by Crippen LogP contribution is -2.10. The molecular formula is C42H28N2S2. The molecule has 0 atom stereocenters. The quantitative estimate of drug-likeness (QED) is 0.182. The lowest BCUT2D eigenvalue weighted by molar-refractivity contribution is 1.29. The fraction of sp³-hybridized carbons (Fsp3) is 0. The maximum absolute atomic E-state index is 2.42. The van der Waals surface area contributed by atoms with Gasteiger partial charge in [-0.25, -0.2) is 0 Å². The first-order chi connectivity index (χ1) is 22.8. The Hall–Kier alpha value is -5.42. The van der Waals surface area contributed by atoms with E-state index in [1.165, 1.54) is 46.0 Å². The average molecular weight is 625 g/mol. The van der Waals surface area contributed by atoms with Crippen LogP contribution in [0, 0.1) is 0 Å². The normalized spacial score (nSPS) is 11.5. The molecule has 9 rings (SSSR count). The van der Waals surface area contributed by atoms with Crippen LogP contribution < -0.4 is 9.80 Å². The van der Waals surface area contributed by atoms with Crippen molar-refractivity contribution in [2.75, 3.05) is 9.80 Å². The molecule has 46 heavy (non-hydrogen) atoms. The summed E-state index contributed by atoms with van der Waals surface area (Å²) in [6.45, 7) is 0. The fourth-order valence-electron chi connectivity index (χ4n) is 6.58. The molecule has 2 aromatic heterocycles. The van der Waals surface area contributed by atoms with E-state index in [1.54, 1.807) is 0 Å². The Morgan fingerprint density at radius 1 is 0.304 bits per heavy atom. The number of para-hydroxylation sites is 3.